The van der Waals surface area contributed by atoms with Crippen molar-refractivity contribution < 1.29 is 14.3 Å². The highest BCUT2D eigenvalue weighted by Gasteiger charge is 2.28. The van der Waals surface area contributed by atoms with Crippen LogP contribution in [0, 0.1) is 0 Å². The molecule has 0 aromatic rings. The molecule has 0 aliphatic carbocycles. The van der Waals surface area contributed by atoms with E-state index < -0.39 is 6.04 Å². The number of esters is 1. The Labute approximate surface area is 90.4 Å². The van der Waals surface area contributed by atoms with Crippen LogP contribution in [-0.4, -0.2) is 24.5 Å². The van der Waals surface area contributed by atoms with Gasteiger partial charge in [0.2, 0.25) is 5.91 Å². The molecule has 0 saturated carbocycles. The molecular formula is C11H19NO3. The first-order valence-corrected chi connectivity index (χ1v) is 5.70. The first-order chi connectivity index (χ1) is 7.24. The fourth-order valence-corrected chi connectivity index (χ4v) is 1.59. The molecule has 0 spiro atoms. The number of rotatable bonds is 6. The average Bonchev–Trinajstić information content (AvgIpc) is 2.64. The summed E-state index contributed by atoms with van der Waals surface area (Å²) in [7, 11) is 0. The molecule has 86 valence electrons. The molecule has 4 nitrogen and oxygen atoms in total. The van der Waals surface area contributed by atoms with Gasteiger partial charge in [-0.05, 0) is 12.8 Å². The molecule has 0 bridgehead atoms. The van der Waals surface area contributed by atoms with Crippen molar-refractivity contribution in [1.82, 2.24) is 5.32 Å². The van der Waals surface area contributed by atoms with E-state index in [0.717, 1.165) is 12.8 Å². The number of carbonyl (C=O) groups is 2. The highest BCUT2D eigenvalue weighted by Crippen LogP contribution is 2.08. The van der Waals surface area contributed by atoms with Gasteiger partial charge in [-0.2, -0.15) is 0 Å². The minimum Gasteiger partial charge on any atom is -0.464 e. The monoisotopic (exact) mass is 213 g/mol. The van der Waals surface area contributed by atoms with Crippen LogP contribution in [-0.2, 0) is 14.3 Å². The number of nitrogens with one attached hydrogen (secondary N) is 1. The molecular weight excluding hydrogens is 194 g/mol. The summed E-state index contributed by atoms with van der Waals surface area (Å²) in [6, 6.07) is -0.399. The SMILES string of the molecule is CCCCCCOC(=O)C1CCC(=O)N1. The predicted octanol–water partition coefficient (Wildman–Crippen LogP) is 1.39. The van der Waals surface area contributed by atoms with E-state index in [4.69, 9.17) is 4.74 Å². The second kappa shape index (κ2) is 6.43. The zero-order valence-corrected chi connectivity index (χ0v) is 9.25. The average molecular weight is 213 g/mol. The number of ether oxygens (including phenoxy) is 1. The van der Waals surface area contributed by atoms with E-state index in [9.17, 15) is 9.59 Å². The number of amides is 1. The van der Waals surface area contributed by atoms with Gasteiger partial charge in [0.15, 0.2) is 0 Å². The summed E-state index contributed by atoms with van der Waals surface area (Å²) >= 11 is 0. The molecule has 4 heteroatoms. The summed E-state index contributed by atoms with van der Waals surface area (Å²) in [4.78, 5) is 22.2. The van der Waals surface area contributed by atoms with Crippen molar-refractivity contribution in [2.45, 2.75) is 51.5 Å². The van der Waals surface area contributed by atoms with Crippen LogP contribution in [0.15, 0.2) is 0 Å². The third kappa shape index (κ3) is 4.32. The lowest BCUT2D eigenvalue weighted by Crippen LogP contribution is -2.34. The summed E-state index contributed by atoms with van der Waals surface area (Å²) in [6.45, 7) is 2.62. The van der Waals surface area contributed by atoms with Gasteiger partial charge in [-0.3, -0.25) is 4.79 Å². The van der Waals surface area contributed by atoms with Crippen LogP contribution in [0.1, 0.15) is 45.4 Å². The minimum atomic E-state index is -0.399. The fourth-order valence-electron chi connectivity index (χ4n) is 1.59. The number of hydrogen-bond acceptors (Lipinski definition) is 3. The summed E-state index contributed by atoms with van der Waals surface area (Å²) in [6.07, 6.45) is 5.38. The normalized spacial score (nSPS) is 20.1. The van der Waals surface area contributed by atoms with Crippen molar-refractivity contribution in [1.29, 1.82) is 0 Å². The van der Waals surface area contributed by atoms with Gasteiger partial charge in [0.1, 0.15) is 6.04 Å². The minimum absolute atomic E-state index is 0.0528. The second-order valence-electron chi connectivity index (χ2n) is 3.89. The third-order valence-electron chi connectivity index (χ3n) is 2.52. The molecule has 1 fully saturated rings. The van der Waals surface area contributed by atoms with Crippen molar-refractivity contribution in [3.05, 3.63) is 0 Å². The topological polar surface area (TPSA) is 55.4 Å². The second-order valence-corrected chi connectivity index (χ2v) is 3.89. The molecule has 0 radical (unpaired) electrons. The van der Waals surface area contributed by atoms with Gasteiger partial charge in [0.25, 0.3) is 0 Å². The van der Waals surface area contributed by atoms with E-state index in [1.807, 2.05) is 0 Å². The van der Waals surface area contributed by atoms with Crippen LogP contribution in [0.25, 0.3) is 0 Å². The Hall–Kier alpha value is -1.06. The first-order valence-electron chi connectivity index (χ1n) is 5.70. The highest BCUT2D eigenvalue weighted by atomic mass is 16.5. The van der Waals surface area contributed by atoms with E-state index in [0.29, 0.717) is 19.4 Å². The molecule has 1 heterocycles. The Kier molecular flexibility index (Phi) is 5.15. The quantitative estimate of drug-likeness (QED) is 0.536. The predicted molar refractivity (Wildman–Crippen MR) is 56.3 cm³/mol. The molecule has 1 amide bonds. The zero-order chi connectivity index (χ0) is 11.1. The van der Waals surface area contributed by atoms with E-state index in [1.54, 1.807) is 0 Å². The first kappa shape index (κ1) is 12.0. The van der Waals surface area contributed by atoms with Crippen LogP contribution in [0.3, 0.4) is 0 Å². The summed E-state index contributed by atoms with van der Waals surface area (Å²) < 4.78 is 5.07. The number of hydrogen-bond donors (Lipinski definition) is 1. The van der Waals surface area contributed by atoms with E-state index in [2.05, 4.69) is 12.2 Å². The van der Waals surface area contributed by atoms with Crippen molar-refractivity contribution in [3.8, 4) is 0 Å². The van der Waals surface area contributed by atoms with Gasteiger partial charge in [0, 0.05) is 6.42 Å². The fraction of sp³-hybridized carbons (Fsp3) is 0.818. The van der Waals surface area contributed by atoms with Gasteiger partial charge in [0.05, 0.1) is 6.61 Å². The van der Waals surface area contributed by atoms with Crippen LogP contribution in [0.2, 0.25) is 0 Å². The lowest BCUT2D eigenvalue weighted by molar-refractivity contribution is -0.146. The van der Waals surface area contributed by atoms with E-state index in [1.165, 1.54) is 12.8 Å². The van der Waals surface area contributed by atoms with Crippen molar-refractivity contribution in [2.24, 2.45) is 0 Å². The molecule has 1 N–H and O–H groups in total. The Morgan fingerprint density at radius 2 is 2.27 bits per heavy atom. The van der Waals surface area contributed by atoms with Gasteiger partial charge in [-0.1, -0.05) is 26.2 Å². The highest BCUT2D eigenvalue weighted by molar-refractivity contribution is 5.87. The van der Waals surface area contributed by atoms with Crippen molar-refractivity contribution in [2.75, 3.05) is 6.61 Å². The summed E-state index contributed by atoms with van der Waals surface area (Å²) in [5, 5.41) is 2.59. The molecule has 0 aromatic carbocycles. The maximum absolute atomic E-state index is 11.4. The van der Waals surface area contributed by atoms with E-state index in [-0.39, 0.29) is 11.9 Å². The van der Waals surface area contributed by atoms with Gasteiger partial charge in [-0.25, -0.2) is 4.79 Å². The van der Waals surface area contributed by atoms with Crippen LogP contribution < -0.4 is 5.32 Å². The molecule has 1 atom stereocenters. The molecule has 1 aliphatic heterocycles. The maximum atomic E-state index is 11.4. The maximum Gasteiger partial charge on any atom is 0.328 e. The van der Waals surface area contributed by atoms with Crippen molar-refractivity contribution in [3.63, 3.8) is 0 Å². The largest absolute Gasteiger partial charge is 0.464 e. The third-order valence-corrected chi connectivity index (χ3v) is 2.52. The Morgan fingerprint density at radius 1 is 1.47 bits per heavy atom. The Balaban J connectivity index is 2.06. The number of carbonyl (C=O) groups excluding carboxylic acids is 2. The molecule has 1 saturated heterocycles. The van der Waals surface area contributed by atoms with Gasteiger partial charge in [-0.15, -0.1) is 0 Å². The zero-order valence-electron chi connectivity index (χ0n) is 9.25. The molecule has 1 aliphatic rings. The van der Waals surface area contributed by atoms with Gasteiger partial charge < -0.3 is 10.1 Å². The van der Waals surface area contributed by atoms with E-state index >= 15 is 0 Å². The molecule has 0 aromatic heterocycles. The standard InChI is InChI=1S/C11H19NO3/c1-2-3-4-5-8-15-11(14)9-6-7-10(13)12-9/h9H,2-8H2,1H3,(H,12,13). The lowest BCUT2D eigenvalue weighted by atomic mass is 10.2. The van der Waals surface area contributed by atoms with Crippen LogP contribution in [0.4, 0.5) is 0 Å². The number of unbranched alkanes of at least 4 members (excludes halogenated alkanes) is 3. The smallest absolute Gasteiger partial charge is 0.328 e. The van der Waals surface area contributed by atoms with Crippen LogP contribution in [0.5, 0.6) is 0 Å². The summed E-state index contributed by atoms with van der Waals surface area (Å²) in [5.41, 5.74) is 0. The Morgan fingerprint density at radius 3 is 2.87 bits per heavy atom. The van der Waals surface area contributed by atoms with Crippen LogP contribution >= 0.6 is 0 Å². The Bertz CT molecular complexity index is 228. The lowest BCUT2D eigenvalue weighted by Gasteiger charge is -2.09. The molecule has 1 rings (SSSR count). The van der Waals surface area contributed by atoms with Crippen molar-refractivity contribution >= 4 is 11.9 Å². The summed E-state index contributed by atoms with van der Waals surface area (Å²) in [5.74, 6) is -0.333. The van der Waals surface area contributed by atoms with Gasteiger partial charge >= 0.3 is 5.97 Å². The molecule has 15 heavy (non-hydrogen) atoms. The molecule has 1 unspecified atom stereocenters.